The molecular formula is C28H27Cl2N7O. The first-order valence-electron chi connectivity index (χ1n) is 12.7. The summed E-state index contributed by atoms with van der Waals surface area (Å²) in [5.41, 5.74) is 3.59. The summed E-state index contributed by atoms with van der Waals surface area (Å²) in [6, 6.07) is 10.5. The van der Waals surface area contributed by atoms with Gasteiger partial charge in [0.05, 0.1) is 26.7 Å². The lowest BCUT2D eigenvalue weighted by Crippen LogP contribution is -2.70. The number of aromatic amines is 1. The van der Waals surface area contributed by atoms with Crippen molar-refractivity contribution in [3.63, 3.8) is 0 Å². The van der Waals surface area contributed by atoms with Crippen LogP contribution in [0.5, 0.6) is 5.75 Å². The minimum Gasteiger partial charge on any atom is -0.486 e. The first kappa shape index (κ1) is 24.9. The number of anilines is 1. The van der Waals surface area contributed by atoms with E-state index in [1.807, 2.05) is 31.2 Å². The Balaban J connectivity index is 1.24. The molecule has 2 fully saturated rings. The third kappa shape index (κ3) is 4.55. The fraction of sp³-hybridized carbons (Fsp3) is 0.357. The number of benzene rings is 1. The smallest absolute Gasteiger partial charge is 0.146 e. The van der Waals surface area contributed by atoms with Crippen LogP contribution in [0.15, 0.2) is 42.9 Å². The largest absolute Gasteiger partial charge is 0.486 e. The Morgan fingerprint density at radius 1 is 1.18 bits per heavy atom. The Labute approximate surface area is 230 Å². The van der Waals surface area contributed by atoms with E-state index in [1.54, 1.807) is 18.6 Å². The zero-order valence-corrected chi connectivity index (χ0v) is 22.6. The Kier molecular flexibility index (Phi) is 6.39. The van der Waals surface area contributed by atoms with Gasteiger partial charge in [0.2, 0.25) is 0 Å². The zero-order chi connectivity index (χ0) is 26.4. The minimum atomic E-state index is -0.391. The maximum Gasteiger partial charge on any atom is 0.146 e. The van der Waals surface area contributed by atoms with Crippen LogP contribution in [0.1, 0.15) is 50.3 Å². The second-order valence-corrected chi connectivity index (χ2v) is 11.3. The van der Waals surface area contributed by atoms with E-state index in [0.29, 0.717) is 44.5 Å². The van der Waals surface area contributed by atoms with E-state index in [1.165, 1.54) is 19.3 Å². The van der Waals surface area contributed by atoms with E-state index in [9.17, 15) is 5.26 Å². The first-order chi connectivity index (χ1) is 18.3. The number of nitriles is 1. The zero-order valence-electron chi connectivity index (χ0n) is 21.1. The van der Waals surface area contributed by atoms with E-state index in [-0.39, 0.29) is 5.54 Å². The molecule has 0 unspecified atom stereocenters. The molecule has 4 aromatic rings. The number of hydrogen-bond donors (Lipinski definition) is 2. The fourth-order valence-electron chi connectivity index (χ4n) is 5.36. The maximum absolute atomic E-state index is 9.93. The van der Waals surface area contributed by atoms with Gasteiger partial charge >= 0.3 is 0 Å². The molecule has 0 bridgehead atoms. The standard InChI is InChI=1S/C28H27Cl2N7O/c1-16(25-22(29)12-32-13-23(25)30)38-20-6-7-24-21(9-20)26(36-35-24)18-8-17(10-31)27(33-11-18)37-14-28(2,15-37)34-19-4-3-5-19/h6-9,11-13,16,19,34H,3-5,14-15H2,1-2H3,(H,35,36)/t16-/m1/s1. The summed E-state index contributed by atoms with van der Waals surface area (Å²) in [5.74, 6) is 1.36. The second kappa shape index (κ2) is 9.73. The molecule has 38 heavy (non-hydrogen) atoms. The molecule has 3 aromatic heterocycles. The average molecular weight is 548 g/mol. The van der Waals surface area contributed by atoms with Gasteiger partial charge in [-0.05, 0) is 51.0 Å². The van der Waals surface area contributed by atoms with Crippen LogP contribution >= 0.6 is 23.2 Å². The van der Waals surface area contributed by atoms with E-state index >= 15 is 0 Å². The van der Waals surface area contributed by atoms with Crippen molar-refractivity contribution in [2.75, 3.05) is 18.0 Å². The predicted octanol–water partition coefficient (Wildman–Crippen LogP) is 6.06. The third-order valence-corrected chi connectivity index (χ3v) is 8.04. The molecule has 1 aliphatic heterocycles. The van der Waals surface area contributed by atoms with Gasteiger partial charge in [-0.15, -0.1) is 0 Å². The highest BCUT2D eigenvalue weighted by Crippen LogP contribution is 2.36. The number of ether oxygens (including phenoxy) is 1. The van der Waals surface area contributed by atoms with E-state index in [4.69, 9.17) is 32.9 Å². The van der Waals surface area contributed by atoms with Crippen LogP contribution < -0.4 is 15.0 Å². The molecule has 6 rings (SSSR count). The molecule has 0 amide bonds. The van der Waals surface area contributed by atoms with E-state index in [0.717, 1.165) is 29.6 Å². The van der Waals surface area contributed by atoms with Gasteiger partial charge in [0.25, 0.3) is 0 Å². The van der Waals surface area contributed by atoms with Crippen LogP contribution in [0.2, 0.25) is 10.0 Å². The predicted molar refractivity (Wildman–Crippen MR) is 149 cm³/mol. The Hall–Kier alpha value is -3.38. The van der Waals surface area contributed by atoms with Gasteiger partial charge < -0.3 is 15.0 Å². The monoisotopic (exact) mass is 547 g/mol. The molecule has 0 spiro atoms. The van der Waals surface area contributed by atoms with Crippen molar-refractivity contribution in [3.05, 3.63) is 64.0 Å². The van der Waals surface area contributed by atoms with Crippen molar-refractivity contribution in [1.82, 2.24) is 25.5 Å². The van der Waals surface area contributed by atoms with Crippen LogP contribution in [0.25, 0.3) is 22.2 Å². The molecule has 0 radical (unpaired) electrons. The van der Waals surface area contributed by atoms with Gasteiger partial charge in [-0.2, -0.15) is 10.4 Å². The van der Waals surface area contributed by atoms with Crippen molar-refractivity contribution in [2.24, 2.45) is 0 Å². The minimum absolute atomic E-state index is 0.0643. The lowest BCUT2D eigenvalue weighted by atomic mass is 9.85. The van der Waals surface area contributed by atoms with Crippen molar-refractivity contribution in [3.8, 4) is 23.1 Å². The lowest BCUT2D eigenvalue weighted by molar-refractivity contribution is 0.201. The molecule has 1 aromatic carbocycles. The van der Waals surface area contributed by atoms with Gasteiger partial charge in [0.1, 0.15) is 29.4 Å². The highest BCUT2D eigenvalue weighted by Gasteiger charge is 2.42. The van der Waals surface area contributed by atoms with Crippen molar-refractivity contribution in [1.29, 1.82) is 5.26 Å². The number of fused-ring (bicyclic) bond motifs is 1. The van der Waals surface area contributed by atoms with Gasteiger partial charge in [-0.25, -0.2) is 4.98 Å². The summed E-state index contributed by atoms with van der Waals surface area (Å²) in [5, 5.41) is 23.1. The Morgan fingerprint density at radius 2 is 1.95 bits per heavy atom. The van der Waals surface area contributed by atoms with Crippen LogP contribution in [0.3, 0.4) is 0 Å². The number of H-pyrrole nitrogens is 1. The fourth-order valence-corrected chi connectivity index (χ4v) is 6.04. The number of nitrogens with one attached hydrogen (secondary N) is 2. The van der Waals surface area contributed by atoms with Crippen LogP contribution in [-0.4, -0.2) is 44.8 Å². The number of halogens is 2. The Bertz CT molecular complexity index is 1530. The molecule has 1 saturated carbocycles. The van der Waals surface area contributed by atoms with E-state index < -0.39 is 6.10 Å². The summed E-state index contributed by atoms with van der Waals surface area (Å²) < 4.78 is 6.19. The normalized spacial score (nSPS) is 17.5. The second-order valence-electron chi connectivity index (χ2n) is 10.5. The number of hydrogen-bond acceptors (Lipinski definition) is 7. The molecular weight excluding hydrogens is 521 g/mol. The molecule has 2 aliphatic rings. The SMILES string of the molecule is C[C@@H](Oc1ccc2[nH]nc(-c3cnc(N4CC(C)(NC5CCC5)C4)c(C#N)c3)c2c1)c1c(Cl)cncc1Cl. The summed E-state index contributed by atoms with van der Waals surface area (Å²) in [4.78, 5) is 10.9. The molecule has 1 atom stereocenters. The lowest BCUT2D eigenvalue weighted by Gasteiger charge is -2.52. The highest BCUT2D eigenvalue weighted by molar-refractivity contribution is 6.35. The first-order valence-corrected chi connectivity index (χ1v) is 13.5. The van der Waals surface area contributed by atoms with Gasteiger partial charge in [-0.1, -0.05) is 29.6 Å². The summed E-state index contributed by atoms with van der Waals surface area (Å²) in [6.45, 7) is 5.80. The molecule has 8 nitrogen and oxygen atoms in total. The molecule has 2 N–H and O–H groups in total. The third-order valence-electron chi connectivity index (χ3n) is 7.44. The number of aromatic nitrogens is 4. The number of nitrogens with zero attached hydrogens (tertiary/aromatic N) is 5. The van der Waals surface area contributed by atoms with Crippen LogP contribution in [0, 0.1) is 11.3 Å². The number of pyridine rings is 2. The average Bonchev–Trinajstić information content (AvgIpc) is 3.27. The number of rotatable bonds is 7. The molecule has 194 valence electrons. The van der Waals surface area contributed by atoms with Crippen molar-refractivity contribution < 1.29 is 4.74 Å². The molecule has 1 aliphatic carbocycles. The molecule has 1 saturated heterocycles. The summed E-state index contributed by atoms with van der Waals surface area (Å²) in [7, 11) is 0. The van der Waals surface area contributed by atoms with Crippen LogP contribution in [-0.2, 0) is 0 Å². The summed E-state index contributed by atoms with van der Waals surface area (Å²) >= 11 is 12.6. The van der Waals surface area contributed by atoms with Gasteiger partial charge in [0, 0.05) is 54.2 Å². The molecule has 10 heteroatoms. The summed E-state index contributed by atoms with van der Waals surface area (Å²) in [6.07, 6.45) is 8.30. The van der Waals surface area contributed by atoms with Gasteiger partial charge in [-0.3, -0.25) is 10.1 Å². The van der Waals surface area contributed by atoms with Gasteiger partial charge in [0.15, 0.2) is 0 Å². The van der Waals surface area contributed by atoms with Crippen molar-refractivity contribution in [2.45, 2.75) is 50.8 Å². The van der Waals surface area contributed by atoms with Crippen molar-refractivity contribution >= 4 is 39.9 Å². The van der Waals surface area contributed by atoms with E-state index in [2.05, 4.69) is 38.4 Å². The Morgan fingerprint density at radius 3 is 2.63 bits per heavy atom. The topological polar surface area (TPSA) is 103 Å². The maximum atomic E-state index is 9.93. The van der Waals surface area contributed by atoms with Crippen LogP contribution in [0.4, 0.5) is 5.82 Å². The molecule has 4 heterocycles. The highest BCUT2D eigenvalue weighted by atomic mass is 35.5. The quantitative estimate of drug-likeness (QED) is 0.290.